The minimum Gasteiger partial charge on any atom is -0.475 e. The highest BCUT2D eigenvalue weighted by molar-refractivity contribution is 6.52. The number of anilines is 2. The summed E-state index contributed by atoms with van der Waals surface area (Å²) >= 11 is 52.9. The number of hydrogen-bond donors (Lipinski definition) is 2. The maximum atomic E-state index is 6.97. The second kappa shape index (κ2) is 10.8. The summed E-state index contributed by atoms with van der Waals surface area (Å²) < 4.78 is 12.3. The number of hydrogen-bond acceptors (Lipinski definition) is 4. The van der Waals surface area contributed by atoms with Crippen LogP contribution in [0.2, 0.25) is 20.1 Å². The van der Waals surface area contributed by atoms with E-state index in [1.807, 2.05) is 0 Å². The van der Waals surface area contributed by atoms with Gasteiger partial charge in [-0.1, -0.05) is 81.2 Å². The molecule has 0 spiro atoms. The van der Waals surface area contributed by atoms with Crippen LogP contribution in [0.5, 0.6) is 11.5 Å². The Balaban J connectivity index is 1.94. The van der Waals surface area contributed by atoms with Crippen molar-refractivity contribution in [3.63, 3.8) is 0 Å². The molecule has 1 aliphatic rings. The fraction of sp³-hybridized carbons (Fsp3) is 0.0833. The predicted molar refractivity (Wildman–Crippen MR) is 152 cm³/mol. The number of allylic oxidation sites excluding steroid dienone is 1. The number of alkyl halides is 1. The Morgan fingerprint density at radius 1 is 0.694 bits per heavy atom. The van der Waals surface area contributed by atoms with E-state index in [-0.39, 0.29) is 46.5 Å². The zero-order valence-electron chi connectivity index (χ0n) is 17.8. The lowest BCUT2D eigenvalue weighted by Gasteiger charge is -2.42. The van der Waals surface area contributed by atoms with Crippen molar-refractivity contribution in [1.82, 2.24) is 0 Å². The number of halogens is 8. The van der Waals surface area contributed by atoms with Crippen LogP contribution in [0, 0.1) is 0 Å². The van der Waals surface area contributed by atoms with E-state index < -0.39 is 11.0 Å². The van der Waals surface area contributed by atoms with E-state index >= 15 is 0 Å². The van der Waals surface area contributed by atoms with Crippen molar-refractivity contribution in [3.05, 3.63) is 101 Å². The Kier molecular flexibility index (Phi) is 8.31. The van der Waals surface area contributed by atoms with Gasteiger partial charge >= 0.3 is 0 Å². The molecule has 0 amide bonds. The lowest BCUT2D eigenvalue weighted by atomic mass is 9.85. The van der Waals surface area contributed by atoms with Gasteiger partial charge in [-0.15, -0.1) is 11.6 Å². The van der Waals surface area contributed by atoms with E-state index in [9.17, 15) is 0 Å². The van der Waals surface area contributed by atoms with Gasteiger partial charge in [0.2, 0.25) is 0 Å². The zero-order chi connectivity index (χ0) is 26.4. The maximum absolute atomic E-state index is 6.97. The summed E-state index contributed by atoms with van der Waals surface area (Å²) in [5, 5.41) is -1.34. The SMILES string of the molecule is Nc1ccc(OC2=C(Cl)C(Cl)C(Oc3ccc(N)cc3)(c3cc(Cl)c(Cl)c(Cl)c3Cl)C(Cl)=C2Cl)cc1. The average Bonchev–Trinajstić information content (AvgIpc) is 2.87. The molecule has 4 N–H and O–H groups in total. The number of ether oxygens (including phenoxy) is 2. The summed E-state index contributed by atoms with van der Waals surface area (Å²) in [6.45, 7) is 0. The van der Waals surface area contributed by atoms with Gasteiger partial charge in [0.15, 0.2) is 11.4 Å². The van der Waals surface area contributed by atoms with Gasteiger partial charge in [0.05, 0.1) is 30.2 Å². The Morgan fingerprint density at radius 3 is 1.78 bits per heavy atom. The van der Waals surface area contributed by atoms with Crippen molar-refractivity contribution in [1.29, 1.82) is 0 Å². The normalized spacial score (nSPS) is 20.1. The molecule has 2 unspecified atom stereocenters. The van der Waals surface area contributed by atoms with Crippen molar-refractivity contribution >= 4 is 104 Å². The highest BCUT2D eigenvalue weighted by Crippen LogP contribution is 2.56. The van der Waals surface area contributed by atoms with Crippen LogP contribution in [0.4, 0.5) is 11.4 Å². The first kappa shape index (κ1) is 27.7. The van der Waals surface area contributed by atoms with Crippen molar-refractivity contribution in [2.75, 3.05) is 11.5 Å². The second-order valence-electron chi connectivity index (χ2n) is 7.59. The first-order chi connectivity index (χ1) is 17.0. The van der Waals surface area contributed by atoms with Crippen molar-refractivity contribution in [2.24, 2.45) is 0 Å². The van der Waals surface area contributed by atoms with E-state index in [0.29, 0.717) is 22.9 Å². The predicted octanol–water partition coefficient (Wildman–Crippen LogP) is 9.58. The minimum absolute atomic E-state index is 0.0119. The standard InChI is InChI=1S/C24H14Cl8N2O2/c25-15-9-14(16(26)18(28)17(15)27)24(36-13-7-3-11(34)4-8-13)22(31)19(29)21(20(30)23(24)32)35-12-5-1-10(33)2-6-12/h1-9,22H,33-34H2. The molecule has 36 heavy (non-hydrogen) atoms. The molecule has 1 aliphatic carbocycles. The highest BCUT2D eigenvalue weighted by Gasteiger charge is 2.54. The van der Waals surface area contributed by atoms with Crippen LogP contribution in [0.25, 0.3) is 0 Å². The summed E-state index contributed by atoms with van der Waals surface area (Å²) in [6.07, 6.45) is 0. The number of benzene rings is 3. The largest absolute Gasteiger partial charge is 0.475 e. The smallest absolute Gasteiger partial charge is 0.194 e. The molecule has 0 bridgehead atoms. The van der Waals surface area contributed by atoms with Crippen molar-refractivity contribution in [2.45, 2.75) is 11.0 Å². The molecule has 0 heterocycles. The van der Waals surface area contributed by atoms with E-state index in [1.54, 1.807) is 48.5 Å². The van der Waals surface area contributed by atoms with Crippen molar-refractivity contribution < 1.29 is 9.47 Å². The van der Waals surface area contributed by atoms with E-state index in [1.165, 1.54) is 6.07 Å². The summed E-state index contributed by atoms with van der Waals surface area (Å²) in [5.74, 6) is 0.737. The maximum Gasteiger partial charge on any atom is 0.194 e. The van der Waals surface area contributed by atoms with Crippen LogP contribution in [0.15, 0.2) is 75.5 Å². The fourth-order valence-corrected chi connectivity index (χ4v) is 5.81. The van der Waals surface area contributed by atoms with Gasteiger partial charge in [-0.3, -0.25) is 0 Å². The number of nitrogen functional groups attached to an aromatic ring is 2. The summed E-state index contributed by atoms with van der Waals surface area (Å²) in [5.41, 5.74) is 11.0. The molecule has 2 atom stereocenters. The Bertz CT molecular complexity index is 1390. The molecular weight excluding hydrogens is 632 g/mol. The molecule has 0 saturated carbocycles. The monoisotopic (exact) mass is 642 g/mol. The van der Waals surface area contributed by atoms with Crippen LogP contribution in [0.1, 0.15) is 5.56 Å². The quantitative estimate of drug-likeness (QED) is 0.125. The molecule has 0 saturated heterocycles. The third-order valence-corrected chi connectivity index (χ3v) is 8.98. The summed E-state index contributed by atoms with van der Waals surface area (Å²) in [4.78, 5) is 0. The summed E-state index contributed by atoms with van der Waals surface area (Å²) in [7, 11) is 0. The van der Waals surface area contributed by atoms with Crippen LogP contribution >= 0.6 is 92.8 Å². The molecule has 4 rings (SSSR count). The zero-order valence-corrected chi connectivity index (χ0v) is 23.8. The minimum atomic E-state index is -1.80. The lowest BCUT2D eigenvalue weighted by molar-refractivity contribution is 0.116. The third kappa shape index (κ3) is 4.91. The van der Waals surface area contributed by atoms with Gasteiger partial charge in [-0.25, -0.2) is 0 Å². The molecule has 0 aliphatic heterocycles. The van der Waals surface area contributed by atoms with E-state index in [2.05, 4.69) is 0 Å². The molecule has 3 aromatic rings. The molecule has 3 aromatic carbocycles. The first-order valence-corrected chi connectivity index (χ1v) is 13.1. The van der Waals surface area contributed by atoms with Gasteiger partial charge < -0.3 is 20.9 Å². The second-order valence-corrected chi connectivity index (χ2v) is 10.7. The van der Waals surface area contributed by atoms with Gasteiger partial charge in [0.25, 0.3) is 0 Å². The third-order valence-electron chi connectivity index (χ3n) is 5.28. The number of rotatable bonds is 5. The summed E-state index contributed by atoms with van der Waals surface area (Å²) in [6, 6.07) is 14.5. The number of nitrogens with two attached hydrogens (primary N) is 2. The Labute approximate surface area is 247 Å². The van der Waals surface area contributed by atoms with Crippen molar-refractivity contribution in [3.8, 4) is 11.5 Å². The molecule has 188 valence electrons. The van der Waals surface area contributed by atoms with Gasteiger partial charge in [-0.05, 0) is 54.6 Å². The Morgan fingerprint density at radius 2 is 1.22 bits per heavy atom. The van der Waals surface area contributed by atoms with Gasteiger partial charge in [0.1, 0.15) is 21.9 Å². The van der Waals surface area contributed by atoms with Crippen LogP contribution in [-0.2, 0) is 5.60 Å². The molecule has 0 aromatic heterocycles. The van der Waals surface area contributed by atoms with E-state index in [4.69, 9.17) is 114 Å². The van der Waals surface area contributed by atoms with Crippen LogP contribution in [0.3, 0.4) is 0 Å². The fourth-order valence-electron chi connectivity index (χ4n) is 3.49. The average molecular weight is 646 g/mol. The topological polar surface area (TPSA) is 70.5 Å². The Hall–Kier alpha value is -1.34. The molecular formula is C24H14Cl8N2O2. The molecule has 4 nitrogen and oxygen atoms in total. The van der Waals surface area contributed by atoms with Crippen LogP contribution in [-0.4, -0.2) is 5.38 Å². The van der Waals surface area contributed by atoms with E-state index in [0.717, 1.165) is 0 Å². The van der Waals surface area contributed by atoms with Gasteiger partial charge in [-0.2, -0.15) is 0 Å². The molecule has 0 radical (unpaired) electrons. The van der Waals surface area contributed by atoms with Crippen LogP contribution < -0.4 is 20.9 Å². The van der Waals surface area contributed by atoms with Gasteiger partial charge in [0, 0.05) is 16.9 Å². The molecule has 0 fully saturated rings. The molecule has 12 heteroatoms. The first-order valence-electron chi connectivity index (χ1n) is 9.98. The lowest BCUT2D eigenvalue weighted by Crippen LogP contribution is -2.46. The highest BCUT2D eigenvalue weighted by atomic mass is 35.5.